The second kappa shape index (κ2) is 5.30. The molecule has 0 heterocycles. The first-order valence-electron chi connectivity index (χ1n) is 4.60. The van der Waals surface area contributed by atoms with Gasteiger partial charge >= 0.3 is 0 Å². The molecule has 1 rings (SSSR count). The highest BCUT2D eigenvalue weighted by atomic mass is 32.2. The number of aliphatic hydroxyl groups is 1. The van der Waals surface area contributed by atoms with Gasteiger partial charge < -0.3 is 5.11 Å². The summed E-state index contributed by atoms with van der Waals surface area (Å²) in [5.41, 5.74) is 1.04. The van der Waals surface area contributed by atoms with Crippen LogP contribution in [0.15, 0.2) is 29.2 Å². The maximum absolute atomic E-state index is 9.73. The van der Waals surface area contributed by atoms with E-state index in [9.17, 15) is 5.11 Å². The van der Waals surface area contributed by atoms with Crippen molar-refractivity contribution in [3.05, 3.63) is 29.8 Å². The van der Waals surface area contributed by atoms with Crippen LogP contribution in [0.4, 0.5) is 0 Å². The number of hydrogen-bond donors (Lipinski definition) is 1. The zero-order valence-corrected chi connectivity index (χ0v) is 8.97. The lowest BCUT2D eigenvalue weighted by Crippen LogP contribution is -1.96. The molecule has 0 aliphatic carbocycles. The fourth-order valence-corrected chi connectivity index (χ4v) is 1.76. The normalized spacial score (nSPS) is 12.8. The Morgan fingerprint density at radius 3 is 2.85 bits per heavy atom. The van der Waals surface area contributed by atoms with Crippen LogP contribution < -0.4 is 0 Å². The van der Waals surface area contributed by atoms with Gasteiger partial charge in [0.25, 0.3) is 0 Å². The van der Waals surface area contributed by atoms with Crippen molar-refractivity contribution in [2.45, 2.75) is 30.8 Å². The van der Waals surface area contributed by atoms with E-state index in [0.717, 1.165) is 18.4 Å². The SMILES string of the molecule is CCC[C@H](O)c1cccc(SC)c1. The van der Waals surface area contributed by atoms with Crippen LogP contribution in [0.3, 0.4) is 0 Å². The van der Waals surface area contributed by atoms with E-state index in [-0.39, 0.29) is 6.10 Å². The fourth-order valence-electron chi connectivity index (χ4n) is 1.29. The van der Waals surface area contributed by atoms with Gasteiger partial charge in [-0.1, -0.05) is 25.5 Å². The lowest BCUT2D eigenvalue weighted by Gasteiger charge is -2.10. The summed E-state index contributed by atoms with van der Waals surface area (Å²) in [4.78, 5) is 1.22. The van der Waals surface area contributed by atoms with Crippen LogP contribution in [-0.2, 0) is 0 Å². The smallest absolute Gasteiger partial charge is 0.0790 e. The molecule has 0 bridgehead atoms. The molecule has 0 fully saturated rings. The molecule has 0 amide bonds. The van der Waals surface area contributed by atoms with E-state index in [0.29, 0.717) is 0 Å². The Bertz CT molecular complexity index is 260. The molecule has 1 nitrogen and oxygen atoms in total. The molecule has 2 heteroatoms. The Morgan fingerprint density at radius 2 is 2.23 bits per heavy atom. The molecule has 0 aliphatic rings. The van der Waals surface area contributed by atoms with Gasteiger partial charge in [-0.25, -0.2) is 0 Å². The maximum Gasteiger partial charge on any atom is 0.0790 e. The number of hydrogen-bond acceptors (Lipinski definition) is 2. The predicted molar refractivity (Wildman–Crippen MR) is 58.1 cm³/mol. The van der Waals surface area contributed by atoms with Gasteiger partial charge in [0, 0.05) is 4.90 Å². The average molecular weight is 196 g/mol. The minimum absolute atomic E-state index is 0.294. The highest BCUT2D eigenvalue weighted by molar-refractivity contribution is 7.98. The fraction of sp³-hybridized carbons (Fsp3) is 0.455. The highest BCUT2D eigenvalue weighted by Crippen LogP contribution is 2.22. The molecule has 0 spiro atoms. The van der Waals surface area contributed by atoms with Gasteiger partial charge in [-0.3, -0.25) is 0 Å². The van der Waals surface area contributed by atoms with Crippen molar-refractivity contribution in [3.8, 4) is 0 Å². The number of aliphatic hydroxyl groups excluding tert-OH is 1. The highest BCUT2D eigenvalue weighted by Gasteiger charge is 2.05. The Kier molecular flexibility index (Phi) is 4.33. The van der Waals surface area contributed by atoms with Gasteiger partial charge in [-0.05, 0) is 30.4 Å². The Morgan fingerprint density at radius 1 is 1.46 bits per heavy atom. The van der Waals surface area contributed by atoms with Crippen LogP contribution in [0.5, 0.6) is 0 Å². The van der Waals surface area contributed by atoms with E-state index in [1.807, 2.05) is 18.4 Å². The summed E-state index contributed by atoms with van der Waals surface area (Å²) in [5.74, 6) is 0. The third-order valence-corrected chi connectivity index (χ3v) is 2.77. The lowest BCUT2D eigenvalue weighted by atomic mass is 10.1. The molecule has 0 radical (unpaired) electrons. The van der Waals surface area contributed by atoms with Crippen LogP contribution in [0.1, 0.15) is 31.4 Å². The standard InChI is InChI=1S/C11H16OS/c1-3-5-11(12)9-6-4-7-10(8-9)13-2/h4,6-8,11-12H,3,5H2,1-2H3/t11-/m0/s1. The zero-order chi connectivity index (χ0) is 9.68. The summed E-state index contributed by atoms with van der Waals surface area (Å²) in [6.45, 7) is 2.08. The van der Waals surface area contributed by atoms with Gasteiger partial charge in [-0.2, -0.15) is 0 Å². The van der Waals surface area contributed by atoms with E-state index < -0.39 is 0 Å². The van der Waals surface area contributed by atoms with E-state index in [2.05, 4.69) is 19.1 Å². The first kappa shape index (κ1) is 10.6. The molecule has 0 saturated heterocycles. The summed E-state index contributed by atoms with van der Waals surface area (Å²) in [6, 6.07) is 8.11. The third-order valence-electron chi connectivity index (χ3n) is 2.04. The van der Waals surface area contributed by atoms with Crippen LogP contribution in [-0.4, -0.2) is 11.4 Å². The van der Waals surface area contributed by atoms with Crippen LogP contribution in [0.2, 0.25) is 0 Å². The number of rotatable bonds is 4. The second-order valence-corrected chi connectivity index (χ2v) is 3.96. The topological polar surface area (TPSA) is 20.2 Å². The Labute approximate surface area is 84.2 Å². The molecule has 0 aromatic heterocycles. The van der Waals surface area contributed by atoms with Gasteiger partial charge in [0.2, 0.25) is 0 Å². The molecule has 1 aromatic carbocycles. The van der Waals surface area contributed by atoms with E-state index in [4.69, 9.17) is 0 Å². The minimum Gasteiger partial charge on any atom is -0.388 e. The Balaban J connectivity index is 2.75. The van der Waals surface area contributed by atoms with Crippen molar-refractivity contribution in [1.82, 2.24) is 0 Å². The average Bonchev–Trinajstić information content (AvgIpc) is 2.18. The quantitative estimate of drug-likeness (QED) is 0.746. The second-order valence-electron chi connectivity index (χ2n) is 3.08. The number of thioether (sulfide) groups is 1. The van der Waals surface area contributed by atoms with Gasteiger partial charge in [0.1, 0.15) is 0 Å². The van der Waals surface area contributed by atoms with E-state index in [1.54, 1.807) is 11.8 Å². The summed E-state index contributed by atoms with van der Waals surface area (Å²) in [6.07, 6.45) is 3.62. The molecule has 1 atom stereocenters. The molecule has 1 N–H and O–H groups in total. The largest absolute Gasteiger partial charge is 0.388 e. The third kappa shape index (κ3) is 3.05. The maximum atomic E-state index is 9.73. The van der Waals surface area contributed by atoms with Crippen molar-refractivity contribution in [1.29, 1.82) is 0 Å². The summed E-state index contributed by atoms with van der Waals surface area (Å²) >= 11 is 1.71. The monoisotopic (exact) mass is 196 g/mol. The Hall–Kier alpha value is -0.470. The molecule has 0 saturated carbocycles. The van der Waals surface area contributed by atoms with Crippen molar-refractivity contribution in [2.24, 2.45) is 0 Å². The van der Waals surface area contributed by atoms with Gasteiger partial charge in [0.05, 0.1) is 6.10 Å². The van der Waals surface area contributed by atoms with E-state index >= 15 is 0 Å². The summed E-state index contributed by atoms with van der Waals surface area (Å²) in [7, 11) is 0. The minimum atomic E-state index is -0.294. The van der Waals surface area contributed by atoms with Crippen LogP contribution in [0, 0.1) is 0 Å². The number of benzene rings is 1. The zero-order valence-electron chi connectivity index (χ0n) is 8.16. The van der Waals surface area contributed by atoms with Crippen molar-refractivity contribution in [2.75, 3.05) is 6.26 Å². The van der Waals surface area contributed by atoms with Crippen molar-refractivity contribution in [3.63, 3.8) is 0 Å². The van der Waals surface area contributed by atoms with E-state index in [1.165, 1.54) is 4.90 Å². The molecule has 72 valence electrons. The first-order valence-corrected chi connectivity index (χ1v) is 5.82. The molecule has 0 unspecified atom stereocenters. The summed E-state index contributed by atoms with van der Waals surface area (Å²) in [5, 5.41) is 9.73. The molecular formula is C11H16OS. The van der Waals surface area contributed by atoms with Crippen molar-refractivity contribution >= 4 is 11.8 Å². The molecule has 13 heavy (non-hydrogen) atoms. The molecule has 0 aliphatic heterocycles. The van der Waals surface area contributed by atoms with Gasteiger partial charge in [-0.15, -0.1) is 11.8 Å². The molecule has 1 aromatic rings. The molecular weight excluding hydrogens is 180 g/mol. The van der Waals surface area contributed by atoms with Crippen molar-refractivity contribution < 1.29 is 5.11 Å². The summed E-state index contributed by atoms with van der Waals surface area (Å²) < 4.78 is 0. The van der Waals surface area contributed by atoms with Crippen LogP contribution in [0.25, 0.3) is 0 Å². The van der Waals surface area contributed by atoms with Gasteiger partial charge in [0.15, 0.2) is 0 Å². The predicted octanol–water partition coefficient (Wildman–Crippen LogP) is 3.24. The van der Waals surface area contributed by atoms with Crippen LogP contribution >= 0.6 is 11.8 Å². The lowest BCUT2D eigenvalue weighted by molar-refractivity contribution is 0.166. The first-order chi connectivity index (χ1) is 6.27.